The van der Waals surface area contributed by atoms with E-state index < -0.39 is 23.5 Å². The van der Waals surface area contributed by atoms with E-state index in [-0.39, 0.29) is 12.0 Å². The second-order valence-corrected chi connectivity index (χ2v) is 7.11. The van der Waals surface area contributed by atoms with E-state index in [4.69, 9.17) is 9.47 Å². The second-order valence-electron chi connectivity index (χ2n) is 7.11. The number of hydrogen-bond donors (Lipinski definition) is 1. The molecule has 1 saturated heterocycles. The van der Waals surface area contributed by atoms with Crippen molar-refractivity contribution in [2.75, 3.05) is 6.61 Å². The minimum Gasteiger partial charge on any atom is -0.444 e. The Balaban J connectivity index is 2.99. The average molecular weight is 311 g/mol. The maximum Gasteiger partial charge on any atom is 0.412 e. The van der Waals surface area contributed by atoms with Gasteiger partial charge in [0.05, 0.1) is 18.8 Å². The summed E-state index contributed by atoms with van der Waals surface area (Å²) < 4.78 is 11.3. The van der Waals surface area contributed by atoms with Gasteiger partial charge in [0.1, 0.15) is 11.3 Å². The third-order valence-corrected chi connectivity index (χ3v) is 3.69. The van der Waals surface area contributed by atoms with Gasteiger partial charge in [0.2, 0.25) is 0 Å². The van der Waals surface area contributed by atoms with Crippen LogP contribution in [0, 0.1) is 5.92 Å². The van der Waals surface area contributed by atoms with Crippen LogP contribution >= 0.6 is 0 Å². The van der Waals surface area contributed by atoms with Crippen LogP contribution in [0.2, 0.25) is 0 Å². The molecule has 5 heteroatoms. The fourth-order valence-electron chi connectivity index (χ4n) is 2.60. The van der Waals surface area contributed by atoms with Gasteiger partial charge in [0, 0.05) is 5.92 Å². The van der Waals surface area contributed by atoms with Crippen LogP contribution in [0.3, 0.4) is 0 Å². The van der Waals surface area contributed by atoms with Crippen molar-refractivity contribution in [1.82, 2.24) is 4.90 Å². The van der Waals surface area contributed by atoms with E-state index in [2.05, 4.69) is 13.2 Å². The highest BCUT2D eigenvalue weighted by Crippen LogP contribution is 2.34. The molecule has 1 fully saturated rings. The number of hydrogen-bond acceptors (Lipinski definition) is 4. The zero-order valence-electron chi connectivity index (χ0n) is 14.3. The van der Waals surface area contributed by atoms with Crippen molar-refractivity contribution < 1.29 is 19.4 Å². The van der Waals surface area contributed by atoms with Crippen molar-refractivity contribution >= 4 is 6.09 Å². The fourth-order valence-corrected chi connectivity index (χ4v) is 2.60. The SMILES string of the molecule is C=C[C@H](O)C[C@H](C=C)[C@@H]1COC(C)(C)N1C(=O)OC(C)(C)C. The quantitative estimate of drug-likeness (QED) is 0.793. The third-order valence-electron chi connectivity index (χ3n) is 3.69. The molecule has 22 heavy (non-hydrogen) atoms. The van der Waals surface area contributed by atoms with E-state index in [9.17, 15) is 9.90 Å². The van der Waals surface area contributed by atoms with Crippen molar-refractivity contribution in [3.05, 3.63) is 25.3 Å². The predicted octanol–water partition coefficient (Wildman–Crippen LogP) is 3.10. The molecule has 0 aromatic heterocycles. The van der Waals surface area contributed by atoms with Crippen molar-refractivity contribution in [1.29, 1.82) is 0 Å². The maximum atomic E-state index is 12.6. The first-order chi connectivity index (χ1) is 10.0. The summed E-state index contributed by atoms with van der Waals surface area (Å²) >= 11 is 0. The Kier molecular flexibility index (Phi) is 5.82. The normalized spacial score (nSPS) is 23.7. The Hall–Kier alpha value is -1.33. The number of aliphatic hydroxyl groups is 1. The van der Waals surface area contributed by atoms with Gasteiger partial charge >= 0.3 is 6.09 Å². The van der Waals surface area contributed by atoms with Crippen LogP contribution in [0.25, 0.3) is 0 Å². The zero-order valence-corrected chi connectivity index (χ0v) is 14.3. The lowest BCUT2D eigenvalue weighted by Gasteiger charge is -2.37. The number of carbonyl (C=O) groups excluding carboxylic acids is 1. The fraction of sp³-hybridized carbons (Fsp3) is 0.706. The molecule has 0 saturated carbocycles. The molecule has 0 radical (unpaired) electrons. The van der Waals surface area contributed by atoms with Crippen LogP contribution in [0.1, 0.15) is 41.0 Å². The number of nitrogens with zero attached hydrogens (tertiary/aromatic N) is 1. The van der Waals surface area contributed by atoms with Gasteiger partial charge in [-0.15, -0.1) is 13.2 Å². The van der Waals surface area contributed by atoms with Crippen LogP contribution in [0.4, 0.5) is 4.79 Å². The molecule has 0 aliphatic carbocycles. The van der Waals surface area contributed by atoms with Crippen molar-refractivity contribution in [2.24, 2.45) is 5.92 Å². The topological polar surface area (TPSA) is 59.0 Å². The summed E-state index contributed by atoms with van der Waals surface area (Å²) in [5.41, 5.74) is -1.34. The van der Waals surface area contributed by atoms with Crippen LogP contribution in [-0.2, 0) is 9.47 Å². The Morgan fingerprint density at radius 2 is 2.05 bits per heavy atom. The highest BCUT2D eigenvalue weighted by Gasteiger charge is 2.48. The summed E-state index contributed by atoms with van der Waals surface area (Å²) in [6.45, 7) is 17.0. The maximum absolute atomic E-state index is 12.6. The van der Waals surface area contributed by atoms with Crippen molar-refractivity contribution in [2.45, 2.75) is 64.5 Å². The second kappa shape index (κ2) is 6.84. The number of ether oxygens (including phenoxy) is 2. The lowest BCUT2D eigenvalue weighted by atomic mass is 9.92. The minimum absolute atomic E-state index is 0.109. The molecule has 5 nitrogen and oxygen atoms in total. The van der Waals surface area contributed by atoms with E-state index in [1.54, 1.807) is 11.0 Å². The van der Waals surface area contributed by atoms with E-state index in [1.165, 1.54) is 6.08 Å². The molecule has 0 aromatic rings. The molecule has 126 valence electrons. The third kappa shape index (κ3) is 4.58. The zero-order chi connectivity index (χ0) is 17.1. The molecule has 1 amide bonds. The van der Waals surface area contributed by atoms with Gasteiger partial charge in [-0.3, -0.25) is 4.90 Å². The summed E-state index contributed by atoms with van der Waals surface area (Å²) in [5, 5.41) is 9.82. The Bertz CT molecular complexity index is 425. The Morgan fingerprint density at radius 3 is 2.50 bits per heavy atom. The molecule has 1 heterocycles. The van der Waals surface area contributed by atoms with Gasteiger partial charge in [0.25, 0.3) is 0 Å². The summed E-state index contributed by atoms with van der Waals surface area (Å²) in [4.78, 5) is 14.2. The van der Waals surface area contributed by atoms with Gasteiger partial charge in [-0.25, -0.2) is 4.79 Å². The van der Waals surface area contributed by atoms with E-state index in [1.807, 2.05) is 34.6 Å². The van der Waals surface area contributed by atoms with E-state index in [0.717, 1.165) is 0 Å². The van der Waals surface area contributed by atoms with Crippen LogP contribution in [-0.4, -0.2) is 46.2 Å². The highest BCUT2D eigenvalue weighted by molar-refractivity contribution is 5.69. The average Bonchev–Trinajstić information content (AvgIpc) is 2.69. The number of rotatable bonds is 5. The van der Waals surface area contributed by atoms with E-state index >= 15 is 0 Å². The number of carbonyl (C=O) groups is 1. The Morgan fingerprint density at radius 1 is 1.45 bits per heavy atom. The number of amides is 1. The largest absolute Gasteiger partial charge is 0.444 e. The molecule has 0 aromatic carbocycles. The molecule has 1 rings (SSSR count). The first kappa shape index (κ1) is 18.7. The van der Waals surface area contributed by atoms with Gasteiger partial charge in [-0.05, 0) is 41.0 Å². The molecule has 3 atom stereocenters. The summed E-state index contributed by atoms with van der Waals surface area (Å²) in [7, 11) is 0. The first-order valence-corrected chi connectivity index (χ1v) is 7.61. The summed E-state index contributed by atoms with van der Waals surface area (Å²) in [5.74, 6) is -0.109. The molecule has 1 aliphatic rings. The molecule has 0 bridgehead atoms. The van der Waals surface area contributed by atoms with Crippen LogP contribution in [0.15, 0.2) is 25.3 Å². The first-order valence-electron chi connectivity index (χ1n) is 7.61. The molecular formula is C17H29NO4. The lowest BCUT2D eigenvalue weighted by Crippen LogP contribution is -2.52. The van der Waals surface area contributed by atoms with Crippen LogP contribution < -0.4 is 0 Å². The van der Waals surface area contributed by atoms with E-state index in [0.29, 0.717) is 13.0 Å². The summed E-state index contributed by atoms with van der Waals surface area (Å²) in [6.07, 6.45) is 2.61. The van der Waals surface area contributed by atoms with Crippen LogP contribution in [0.5, 0.6) is 0 Å². The van der Waals surface area contributed by atoms with Gasteiger partial charge in [0.15, 0.2) is 0 Å². The van der Waals surface area contributed by atoms with Gasteiger partial charge in [-0.2, -0.15) is 0 Å². The molecule has 1 N–H and O–H groups in total. The standard InChI is InChI=1S/C17H29NO4/c1-8-12(10-13(19)9-2)14-11-21-17(6,7)18(14)15(20)22-16(3,4)5/h8-9,12-14,19H,1-2,10-11H2,3-7H3/t12-,13-,14-/m0/s1. The molecule has 0 spiro atoms. The highest BCUT2D eigenvalue weighted by atomic mass is 16.6. The molecule has 1 aliphatic heterocycles. The Labute approximate surface area is 133 Å². The van der Waals surface area contributed by atoms with Crippen molar-refractivity contribution in [3.63, 3.8) is 0 Å². The molecule has 0 unspecified atom stereocenters. The monoisotopic (exact) mass is 311 g/mol. The predicted molar refractivity (Wildman–Crippen MR) is 86.4 cm³/mol. The number of aliphatic hydroxyl groups excluding tert-OH is 1. The lowest BCUT2D eigenvalue weighted by molar-refractivity contribution is -0.0642. The molecular weight excluding hydrogens is 282 g/mol. The minimum atomic E-state index is -0.757. The van der Waals surface area contributed by atoms with Crippen molar-refractivity contribution in [3.8, 4) is 0 Å². The van der Waals surface area contributed by atoms with Gasteiger partial charge in [-0.1, -0.05) is 12.2 Å². The van der Waals surface area contributed by atoms with Gasteiger partial charge < -0.3 is 14.6 Å². The summed E-state index contributed by atoms with van der Waals surface area (Å²) in [6, 6.07) is -0.225. The smallest absolute Gasteiger partial charge is 0.412 e.